The third-order valence-corrected chi connectivity index (χ3v) is 4.67. The molecule has 6 heteroatoms. The number of carbonyl (C=O) groups excluding carboxylic acids is 1. The molecule has 3 aromatic rings. The Morgan fingerprint density at radius 2 is 2.16 bits per heavy atom. The van der Waals surface area contributed by atoms with Gasteiger partial charge in [0.25, 0.3) is 5.91 Å². The lowest BCUT2D eigenvalue weighted by molar-refractivity contribution is 0.0994. The predicted octanol–water partition coefficient (Wildman–Crippen LogP) is 3.34. The number of carbonyl (C=O) groups is 1. The van der Waals surface area contributed by atoms with Crippen LogP contribution in [0.2, 0.25) is 5.02 Å². The van der Waals surface area contributed by atoms with Gasteiger partial charge in [0.05, 0.1) is 18.5 Å². The molecular weight excluding hydrogens is 338 g/mol. The van der Waals surface area contributed by atoms with Gasteiger partial charge in [0.1, 0.15) is 5.69 Å². The summed E-state index contributed by atoms with van der Waals surface area (Å²) in [5.74, 6) is -0.575. The smallest absolute Gasteiger partial charge is 0.268 e. The second kappa shape index (κ2) is 7.25. The molecule has 0 radical (unpaired) electrons. The fourth-order valence-corrected chi connectivity index (χ4v) is 3.31. The highest BCUT2D eigenvalue weighted by molar-refractivity contribution is 6.31. The summed E-state index contributed by atoms with van der Waals surface area (Å²) in [5, 5.41) is 13.1. The van der Waals surface area contributed by atoms with Gasteiger partial charge in [0.2, 0.25) is 0 Å². The molecule has 3 rings (SSSR count). The summed E-state index contributed by atoms with van der Waals surface area (Å²) in [7, 11) is 0. The summed E-state index contributed by atoms with van der Waals surface area (Å²) in [6, 6.07) is 11.8. The second-order valence-corrected chi connectivity index (χ2v) is 6.64. The van der Waals surface area contributed by atoms with Crippen LogP contribution in [-0.2, 0) is 6.42 Å². The van der Waals surface area contributed by atoms with Crippen molar-refractivity contribution in [1.82, 2.24) is 9.55 Å². The number of nitrogens with two attached hydrogens (primary N) is 1. The molecule has 0 saturated heterocycles. The maximum absolute atomic E-state index is 11.2. The number of aliphatic hydroxyl groups is 1. The number of benzene rings is 2. The van der Waals surface area contributed by atoms with Crippen molar-refractivity contribution >= 4 is 28.3 Å². The summed E-state index contributed by atoms with van der Waals surface area (Å²) >= 11 is 6.07. The summed E-state index contributed by atoms with van der Waals surface area (Å²) in [4.78, 5) is 15.2. The summed E-state index contributed by atoms with van der Waals surface area (Å²) < 4.78 is 1.76. The molecule has 3 N–H and O–H groups in total. The molecule has 25 heavy (non-hydrogen) atoms. The number of hydrogen-bond acceptors (Lipinski definition) is 3. The minimum absolute atomic E-state index is 0.192. The van der Waals surface area contributed by atoms with E-state index in [9.17, 15) is 9.90 Å². The molecule has 1 amide bonds. The Balaban J connectivity index is 1.83. The van der Waals surface area contributed by atoms with Crippen LogP contribution in [0.4, 0.5) is 0 Å². The molecule has 0 aliphatic heterocycles. The van der Waals surface area contributed by atoms with E-state index in [2.05, 4.69) is 11.1 Å². The number of aromatic nitrogens is 2. The molecule has 2 aromatic carbocycles. The molecular formula is C19H20ClN3O2. The Bertz CT molecular complexity index is 905. The van der Waals surface area contributed by atoms with Crippen molar-refractivity contribution in [2.24, 2.45) is 5.73 Å². The van der Waals surface area contributed by atoms with E-state index >= 15 is 0 Å². The fourth-order valence-electron chi connectivity index (χ4n) is 3.13. The number of hydrogen-bond donors (Lipinski definition) is 2. The van der Waals surface area contributed by atoms with Crippen molar-refractivity contribution in [3.05, 3.63) is 65.2 Å². The zero-order valence-corrected chi connectivity index (χ0v) is 14.6. The Labute approximate surface area is 151 Å². The third-order valence-electron chi connectivity index (χ3n) is 4.44. The van der Waals surface area contributed by atoms with Crippen LogP contribution in [0.3, 0.4) is 0 Å². The van der Waals surface area contributed by atoms with E-state index in [1.807, 2.05) is 30.3 Å². The molecule has 130 valence electrons. The van der Waals surface area contributed by atoms with Crippen molar-refractivity contribution in [3.63, 3.8) is 0 Å². The number of rotatable bonds is 6. The highest BCUT2D eigenvalue weighted by Crippen LogP contribution is 2.26. The molecule has 1 aromatic heterocycles. The van der Waals surface area contributed by atoms with Crippen LogP contribution in [0.25, 0.3) is 10.8 Å². The topological polar surface area (TPSA) is 81.1 Å². The Kier molecular flexibility index (Phi) is 5.06. The molecule has 0 spiro atoms. The summed E-state index contributed by atoms with van der Waals surface area (Å²) in [6.45, 7) is 1.73. The minimum Gasteiger partial charge on any atom is -0.391 e. The van der Waals surface area contributed by atoms with Gasteiger partial charge in [-0.05, 0) is 48.2 Å². The summed E-state index contributed by atoms with van der Waals surface area (Å²) in [6.07, 6.45) is 4.02. The van der Waals surface area contributed by atoms with Crippen LogP contribution < -0.4 is 5.73 Å². The van der Waals surface area contributed by atoms with Gasteiger partial charge in [0.15, 0.2) is 0 Å². The number of nitrogens with zero attached hydrogens (tertiary/aromatic N) is 2. The van der Waals surface area contributed by atoms with Crippen LogP contribution in [0.5, 0.6) is 0 Å². The van der Waals surface area contributed by atoms with E-state index in [-0.39, 0.29) is 11.7 Å². The van der Waals surface area contributed by atoms with Crippen LogP contribution in [-0.4, -0.2) is 26.7 Å². The monoisotopic (exact) mass is 357 g/mol. The van der Waals surface area contributed by atoms with Crippen molar-refractivity contribution < 1.29 is 9.90 Å². The molecule has 2 unspecified atom stereocenters. The first-order chi connectivity index (χ1) is 12.0. The molecule has 5 nitrogen and oxygen atoms in total. The average molecular weight is 358 g/mol. The molecule has 0 aliphatic rings. The van der Waals surface area contributed by atoms with Crippen LogP contribution in [0.15, 0.2) is 48.9 Å². The Morgan fingerprint density at radius 1 is 1.36 bits per heavy atom. The molecule has 1 heterocycles. The highest BCUT2D eigenvalue weighted by Gasteiger charge is 2.19. The summed E-state index contributed by atoms with van der Waals surface area (Å²) in [5.41, 5.74) is 6.64. The lowest BCUT2D eigenvalue weighted by Crippen LogP contribution is -2.21. The SMILES string of the molecule is CC(O)C(CCc1cccc2cc(Cl)ccc12)n1cnc(C(N)=O)c1. The second-order valence-electron chi connectivity index (χ2n) is 6.20. The number of primary amides is 1. The van der Waals surface area contributed by atoms with Gasteiger partial charge in [-0.3, -0.25) is 4.79 Å². The predicted molar refractivity (Wildman–Crippen MR) is 98.7 cm³/mol. The molecule has 0 bridgehead atoms. The number of halogens is 1. The molecule has 2 atom stereocenters. The van der Waals surface area contributed by atoms with E-state index in [0.717, 1.165) is 17.2 Å². The van der Waals surface area contributed by atoms with Crippen LogP contribution >= 0.6 is 11.6 Å². The van der Waals surface area contributed by atoms with Crippen molar-refractivity contribution in [2.75, 3.05) is 0 Å². The number of fused-ring (bicyclic) bond motifs is 1. The number of aliphatic hydroxyl groups excluding tert-OH is 1. The van der Waals surface area contributed by atoms with Crippen molar-refractivity contribution in [3.8, 4) is 0 Å². The normalized spacial score (nSPS) is 13.7. The van der Waals surface area contributed by atoms with Gasteiger partial charge < -0.3 is 15.4 Å². The maximum Gasteiger partial charge on any atom is 0.268 e. The van der Waals surface area contributed by atoms with E-state index in [1.165, 1.54) is 5.56 Å². The van der Waals surface area contributed by atoms with Crippen molar-refractivity contribution in [2.45, 2.75) is 31.9 Å². The highest BCUT2D eigenvalue weighted by atomic mass is 35.5. The van der Waals surface area contributed by atoms with Crippen LogP contribution in [0, 0.1) is 0 Å². The quantitative estimate of drug-likeness (QED) is 0.709. The van der Waals surface area contributed by atoms with Crippen LogP contribution in [0.1, 0.15) is 35.4 Å². The van der Waals surface area contributed by atoms with E-state index in [1.54, 1.807) is 24.0 Å². The van der Waals surface area contributed by atoms with Gasteiger partial charge in [-0.2, -0.15) is 0 Å². The van der Waals surface area contributed by atoms with Crippen molar-refractivity contribution in [1.29, 1.82) is 0 Å². The fraction of sp³-hybridized carbons (Fsp3) is 0.263. The first-order valence-corrected chi connectivity index (χ1v) is 8.52. The number of aryl methyl sites for hydroxylation is 1. The first-order valence-electron chi connectivity index (χ1n) is 8.14. The average Bonchev–Trinajstić information content (AvgIpc) is 3.04. The number of amides is 1. The number of imidazole rings is 1. The Hall–Kier alpha value is -2.37. The third kappa shape index (κ3) is 3.83. The standard InChI is InChI=1S/C19H20ClN3O2/c1-12(24)18(23-10-17(19(21)25)22-11-23)8-5-13-3-2-4-14-9-15(20)6-7-16(13)14/h2-4,6-7,9-12,18,24H,5,8H2,1H3,(H2,21,25). The van der Waals surface area contributed by atoms with Gasteiger partial charge in [-0.1, -0.05) is 35.9 Å². The molecule has 0 saturated carbocycles. The molecule has 0 aliphatic carbocycles. The van der Waals surface area contributed by atoms with E-state index in [0.29, 0.717) is 11.4 Å². The van der Waals surface area contributed by atoms with E-state index < -0.39 is 12.0 Å². The van der Waals surface area contributed by atoms with Gasteiger partial charge in [-0.25, -0.2) is 4.98 Å². The maximum atomic E-state index is 11.2. The largest absolute Gasteiger partial charge is 0.391 e. The van der Waals surface area contributed by atoms with Gasteiger partial charge in [-0.15, -0.1) is 0 Å². The first kappa shape index (κ1) is 17.5. The minimum atomic E-state index is -0.584. The zero-order valence-electron chi connectivity index (χ0n) is 13.9. The lowest BCUT2D eigenvalue weighted by Gasteiger charge is -2.21. The van der Waals surface area contributed by atoms with Gasteiger partial charge in [0, 0.05) is 11.2 Å². The zero-order chi connectivity index (χ0) is 18.0. The Morgan fingerprint density at radius 3 is 2.84 bits per heavy atom. The van der Waals surface area contributed by atoms with E-state index in [4.69, 9.17) is 17.3 Å². The van der Waals surface area contributed by atoms with Gasteiger partial charge >= 0.3 is 0 Å². The lowest BCUT2D eigenvalue weighted by atomic mass is 9.97. The molecule has 0 fully saturated rings.